The van der Waals surface area contributed by atoms with Crippen molar-refractivity contribution in [3.05, 3.63) is 34.7 Å². The first-order valence-corrected chi connectivity index (χ1v) is 12.2. The summed E-state index contributed by atoms with van der Waals surface area (Å²) >= 11 is 2.96. The van der Waals surface area contributed by atoms with Gasteiger partial charge in [-0.05, 0) is 48.9 Å². The lowest BCUT2D eigenvalue weighted by molar-refractivity contribution is -0.113. The van der Waals surface area contributed by atoms with Crippen LogP contribution in [-0.2, 0) is 17.6 Å². The molecule has 2 aliphatic rings. The van der Waals surface area contributed by atoms with Gasteiger partial charge >= 0.3 is 0 Å². The average Bonchev–Trinajstić information content (AvgIpc) is 3.33. The summed E-state index contributed by atoms with van der Waals surface area (Å²) in [5.41, 5.74) is 2.07. The maximum absolute atomic E-state index is 12.4. The van der Waals surface area contributed by atoms with Crippen molar-refractivity contribution in [2.45, 2.75) is 37.8 Å². The number of thioether (sulfide) groups is 1. The number of nitrogens with zero attached hydrogens (tertiary/aromatic N) is 2. The van der Waals surface area contributed by atoms with E-state index >= 15 is 0 Å². The number of ether oxygens (including phenoxy) is 2. The molecule has 162 valence electrons. The number of carbonyl (C=O) groups is 1. The Kier molecular flexibility index (Phi) is 5.87. The summed E-state index contributed by atoms with van der Waals surface area (Å²) in [5.74, 6) is 2.62. The van der Waals surface area contributed by atoms with Gasteiger partial charge in [0.25, 0.3) is 11.1 Å². The fourth-order valence-corrected chi connectivity index (χ4v) is 5.44. The number of thiophene rings is 1. The quantitative estimate of drug-likeness (QED) is 0.550. The Morgan fingerprint density at radius 3 is 3.00 bits per heavy atom. The molecule has 5 rings (SSSR count). The minimum absolute atomic E-state index is 0.153. The van der Waals surface area contributed by atoms with Gasteiger partial charge in [0.05, 0.1) is 23.8 Å². The Morgan fingerprint density at radius 2 is 2.10 bits per heavy atom. The van der Waals surface area contributed by atoms with Gasteiger partial charge in [0, 0.05) is 23.1 Å². The highest BCUT2D eigenvalue weighted by molar-refractivity contribution is 7.99. The maximum atomic E-state index is 12.4. The fraction of sp³-hybridized carbons (Fsp3) is 0.409. The molecule has 7 nitrogen and oxygen atoms in total. The van der Waals surface area contributed by atoms with E-state index in [2.05, 4.69) is 28.5 Å². The van der Waals surface area contributed by atoms with Crippen LogP contribution in [0.15, 0.2) is 33.9 Å². The second-order valence-corrected chi connectivity index (χ2v) is 9.89. The highest BCUT2D eigenvalue weighted by Gasteiger charge is 2.21. The van der Waals surface area contributed by atoms with Crippen LogP contribution in [0.1, 0.15) is 30.2 Å². The van der Waals surface area contributed by atoms with Crippen molar-refractivity contribution >= 4 is 34.7 Å². The van der Waals surface area contributed by atoms with Crippen LogP contribution in [0.5, 0.6) is 11.5 Å². The molecule has 1 atom stereocenters. The number of aryl methyl sites for hydroxylation is 1. The van der Waals surface area contributed by atoms with E-state index in [9.17, 15) is 4.79 Å². The Balaban J connectivity index is 1.18. The van der Waals surface area contributed by atoms with Crippen molar-refractivity contribution in [1.29, 1.82) is 0 Å². The van der Waals surface area contributed by atoms with E-state index in [-0.39, 0.29) is 11.7 Å². The van der Waals surface area contributed by atoms with Crippen molar-refractivity contribution in [1.82, 2.24) is 10.2 Å². The monoisotopic (exact) mass is 457 g/mol. The standard InChI is InChI=1S/C22H23N3O4S2/c1-13-3-6-18-14(9-13)10-19(31-18)21-24-25-22(29-21)30-12-20(26)23-15-4-5-16-17(11-15)28-8-2-7-27-16/h4-5,10-11,13H,2-3,6-9,12H2,1H3,(H,23,26)/t13-/m0/s1. The van der Waals surface area contributed by atoms with E-state index in [1.165, 1.54) is 28.6 Å². The predicted molar refractivity (Wildman–Crippen MR) is 120 cm³/mol. The van der Waals surface area contributed by atoms with E-state index in [1.807, 2.05) is 6.07 Å². The number of amides is 1. The summed E-state index contributed by atoms with van der Waals surface area (Å²) in [7, 11) is 0. The number of aromatic nitrogens is 2. The number of rotatable bonds is 5. The molecule has 3 heterocycles. The van der Waals surface area contributed by atoms with Crippen molar-refractivity contribution in [3.8, 4) is 22.3 Å². The minimum atomic E-state index is -0.153. The molecule has 31 heavy (non-hydrogen) atoms. The van der Waals surface area contributed by atoms with Crippen molar-refractivity contribution in [2.75, 3.05) is 24.3 Å². The lowest BCUT2D eigenvalue weighted by Crippen LogP contribution is -2.14. The molecule has 1 aliphatic carbocycles. The summed E-state index contributed by atoms with van der Waals surface area (Å²) < 4.78 is 17.1. The Morgan fingerprint density at radius 1 is 1.23 bits per heavy atom. The van der Waals surface area contributed by atoms with Gasteiger partial charge in [-0.1, -0.05) is 18.7 Å². The zero-order chi connectivity index (χ0) is 21.2. The van der Waals surface area contributed by atoms with E-state index in [1.54, 1.807) is 23.5 Å². The summed E-state index contributed by atoms with van der Waals surface area (Å²) in [4.78, 5) is 14.8. The molecule has 1 aromatic carbocycles. The molecule has 9 heteroatoms. The van der Waals surface area contributed by atoms with Crippen LogP contribution in [0.3, 0.4) is 0 Å². The Labute approximate surface area is 188 Å². The van der Waals surface area contributed by atoms with Crippen LogP contribution >= 0.6 is 23.1 Å². The molecule has 2 aromatic heterocycles. The average molecular weight is 458 g/mol. The predicted octanol–water partition coefficient (Wildman–Crippen LogP) is 4.82. The first-order chi connectivity index (χ1) is 15.1. The van der Waals surface area contributed by atoms with Gasteiger partial charge in [0.1, 0.15) is 0 Å². The summed E-state index contributed by atoms with van der Waals surface area (Å²) in [5, 5.41) is 11.5. The van der Waals surface area contributed by atoms with Gasteiger partial charge in [-0.2, -0.15) is 0 Å². The number of benzene rings is 1. The first-order valence-electron chi connectivity index (χ1n) is 10.4. The molecule has 1 aliphatic heterocycles. The van der Waals surface area contributed by atoms with E-state index in [0.717, 1.165) is 30.1 Å². The van der Waals surface area contributed by atoms with Crippen molar-refractivity contribution in [2.24, 2.45) is 5.92 Å². The van der Waals surface area contributed by atoms with Crippen LogP contribution in [0.25, 0.3) is 10.8 Å². The van der Waals surface area contributed by atoms with Gasteiger partial charge in [-0.3, -0.25) is 4.79 Å². The molecule has 0 radical (unpaired) electrons. The number of anilines is 1. The van der Waals surface area contributed by atoms with Crippen LogP contribution in [0.2, 0.25) is 0 Å². The number of hydrogen-bond donors (Lipinski definition) is 1. The molecule has 1 amide bonds. The largest absolute Gasteiger partial charge is 0.490 e. The molecule has 0 bridgehead atoms. The second-order valence-electron chi connectivity index (χ2n) is 7.83. The SMILES string of the molecule is C[C@H]1CCc2sc(-c3nnc(SCC(=O)Nc4ccc5c(c4)OCCCO5)o3)cc2C1. The third kappa shape index (κ3) is 4.72. The minimum Gasteiger partial charge on any atom is -0.490 e. The topological polar surface area (TPSA) is 86.5 Å². The summed E-state index contributed by atoms with van der Waals surface area (Å²) in [6.07, 6.45) is 4.31. The lowest BCUT2D eigenvalue weighted by atomic mass is 9.90. The second kappa shape index (κ2) is 8.92. The molecular weight excluding hydrogens is 434 g/mol. The zero-order valence-corrected chi connectivity index (χ0v) is 18.8. The van der Waals surface area contributed by atoms with Crippen molar-refractivity contribution < 1.29 is 18.7 Å². The lowest BCUT2D eigenvalue weighted by Gasteiger charge is -2.16. The van der Waals surface area contributed by atoms with Crippen LogP contribution in [0.4, 0.5) is 5.69 Å². The van der Waals surface area contributed by atoms with Gasteiger partial charge in [0.15, 0.2) is 11.5 Å². The van der Waals surface area contributed by atoms with Crippen LogP contribution in [-0.4, -0.2) is 35.1 Å². The summed E-state index contributed by atoms with van der Waals surface area (Å²) in [6, 6.07) is 7.58. The molecular formula is C22H23N3O4S2. The Bertz CT molecular complexity index is 1090. The summed E-state index contributed by atoms with van der Waals surface area (Å²) in [6.45, 7) is 3.53. The maximum Gasteiger partial charge on any atom is 0.277 e. The van der Waals surface area contributed by atoms with E-state index in [4.69, 9.17) is 13.9 Å². The molecule has 0 spiro atoms. The molecule has 0 saturated carbocycles. The van der Waals surface area contributed by atoms with Gasteiger partial charge in [-0.15, -0.1) is 21.5 Å². The molecule has 1 N–H and O–H groups in total. The molecule has 0 unspecified atom stereocenters. The molecule has 0 saturated heterocycles. The first kappa shape index (κ1) is 20.4. The van der Waals surface area contributed by atoms with Gasteiger partial charge in [0.2, 0.25) is 5.91 Å². The van der Waals surface area contributed by atoms with E-state index < -0.39 is 0 Å². The van der Waals surface area contributed by atoms with E-state index in [0.29, 0.717) is 41.5 Å². The smallest absolute Gasteiger partial charge is 0.277 e. The number of hydrogen-bond acceptors (Lipinski definition) is 8. The normalized spacial score (nSPS) is 17.6. The van der Waals surface area contributed by atoms with Crippen LogP contribution < -0.4 is 14.8 Å². The Hall–Kier alpha value is -2.52. The zero-order valence-electron chi connectivity index (χ0n) is 17.2. The molecule has 0 fully saturated rings. The number of fused-ring (bicyclic) bond motifs is 2. The third-order valence-corrected chi connectivity index (χ3v) is 7.35. The van der Waals surface area contributed by atoms with Gasteiger partial charge in [-0.25, -0.2) is 0 Å². The highest BCUT2D eigenvalue weighted by atomic mass is 32.2. The number of nitrogens with one attached hydrogen (secondary N) is 1. The van der Waals surface area contributed by atoms with Crippen molar-refractivity contribution in [3.63, 3.8) is 0 Å². The third-order valence-electron chi connectivity index (χ3n) is 5.30. The highest BCUT2D eigenvalue weighted by Crippen LogP contribution is 2.37. The molecule has 3 aromatic rings. The number of carbonyl (C=O) groups excluding carboxylic acids is 1. The van der Waals surface area contributed by atoms with Gasteiger partial charge < -0.3 is 19.2 Å². The fourth-order valence-electron chi connectivity index (χ4n) is 3.74. The van der Waals surface area contributed by atoms with Crippen LogP contribution in [0, 0.1) is 5.92 Å².